The summed E-state index contributed by atoms with van der Waals surface area (Å²) in [5, 5.41) is 0. The van der Waals surface area contributed by atoms with Gasteiger partial charge in [0.2, 0.25) is 6.23 Å². The van der Waals surface area contributed by atoms with E-state index in [9.17, 15) is 0 Å². The molecule has 1 saturated heterocycles. The van der Waals surface area contributed by atoms with Gasteiger partial charge in [0.1, 0.15) is 6.20 Å². The van der Waals surface area contributed by atoms with Gasteiger partial charge < -0.3 is 9.47 Å². The zero-order valence-corrected chi connectivity index (χ0v) is 14.7. The molecule has 4 nitrogen and oxygen atoms in total. The minimum Gasteiger partial charge on any atom is -0.382 e. The van der Waals surface area contributed by atoms with Crippen molar-refractivity contribution in [2.75, 3.05) is 13.7 Å². The number of hydrogen-bond donors (Lipinski definition) is 0. The fourth-order valence-corrected chi connectivity index (χ4v) is 3.06. The summed E-state index contributed by atoms with van der Waals surface area (Å²) in [5.74, 6) is 0.991. The predicted octanol–water partition coefficient (Wildman–Crippen LogP) is 2.89. The molecule has 1 aromatic rings. The van der Waals surface area contributed by atoms with Crippen LogP contribution in [0, 0.1) is 31.6 Å². The zero-order valence-electron chi connectivity index (χ0n) is 14.7. The Balaban J connectivity index is 2.47. The highest BCUT2D eigenvalue weighted by molar-refractivity contribution is 5.10. The predicted molar refractivity (Wildman–Crippen MR) is 82.0 cm³/mol. The number of ether oxygens (including phenoxy) is 2. The van der Waals surface area contributed by atoms with Gasteiger partial charge in [-0.2, -0.15) is 0 Å². The first-order valence-electron chi connectivity index (χ1n) is 7.63. The molecule has 4 heteroatoms. The third-order valence-corrected chi connectivity index (χ3v) is 5.55. The van der Waals surface area contributed by atoms with E-state index in [0.717, 1.165) is 11.5 Å². The van der Waals surface area contributed by atoms with E-state index in [-0.39, 0.29) is 23.2 Å². The SMILES string of the molecule is COCC1OC([n+]2cc(C)c(C)nc2C)C(C)(C)C1(C)C. The second kappa shape index (κ2) is 5.33. The lowest BCUT2D eigenvalue weighted by molar-refractivity contribution is -0.779. The highest BCUT2D eigenvalue weighted by Crippen LogP contribution is 2.55. The van der Waals surface area contributed by atoms with Gasteiger partial charge in [0.05, 0.1) is 12.7 Å². The van der Waals surface area contributed by atoms with Crippen molar-refractivity contribution < 1.29 is 14.0 Å². The van der Waals surface area contributed by atoms with Crippen LogP contribution in [0.3, 0.4) is 0 Å². The Morgan fingerprint density at radius 2 is 1.81 bits per heavy atom. The van der Waals surface area contributed by atoms with Gasteiger partial charge in [-0.25, -0.2) is 4.57 Å². The Morgan fingerprint density at radius 3 is 2.38 bits per heavy atom. The average molecular weight is 293 g/mol. The fraction of sp³-hybridized carbons (Fsp3) is 0.765. The second-order valence-electron chi connectivity index (χ2n) is 7.34. The molecule has 0 radical (unpaired) electrons. The van der Waals surface area contributed by atoms with Crippen molar-refractivity contribution in [2.45, 2.75) is 60.8 Å². The average Bonchev–Trinajstić information content (AvgIpc) is 2.54. The first kappa shape index (κ1) is 16.4. The van der Waals surface area contributed by atoms with Crippen LogP contribution < -0.4 is 4.57 Å². The van der Waals surface area contributed by atoms with Gasteiger partial charge in [-0.1, -0.05) is 32.7 Å². The number of hydrogen-bond acceptors (Lipinski definition) is 3. The molecule has 0 saturated carbocycles. The molecule has 0 N–H and O–H groups in total. The Hall–Kier alpha value is -1.00. The summed E-state index contributed by atoms with van der Waals surface area (Å²) in [4.78, 5) is 4.65. The molecule has 0 spiro atoms. The Labute approximate surface area is 128 Å². The van der Waals surface area contributed by atoms with Crippen LogP contribution in [0.25, 0.3) is 0 Å². The molecular formula is C17H29N2O2+. The van der Waals surface area contributed by atoms with Crippen molar-refractivity contribution in [3.05, 3.63) is 23.3 Å². The third-order valence-electron chi connectivity index (χ3n) is 5.55. The topological polar surface area (TPSA) is 35.2 Å². The molecule has 118 valence electrons. The van der Waals surface area contributed by atoms with Crippen LogP contribution >= 0.6 is 0 Å². The molecule has 2 unspecified atom stereocenters. The number of aromatic nitrogens is 2. The van der Waals surface area contributed by atoms with E-state index in [1.165, 1.54) is 5.56 Å². The van der Waals surface area contributed by atoms with Crippen LogP contribution in [0.2, 0.25) is 0 Å². The lowest BCUT2D eigenvalue weighted by atomic mass is 9.66. The van der Waals surface area contributed by atoms with Crippen LogP contribution in [0.15, 0.2) is 6.20 Å². The summed E-state index contributed by atoms with van der Waals surface area (Å²) in [6.45, 7) is 15.9. The largest absolute Gasteiger partial charge is 0.382 e. The summed E-state index contributed by atoms with van der Waals surface area (Å²) < 4.78 is 13.9. The van der Waals surface area contributed by atoms with Crippen LogP contribution in [-0.4, -0.2) is 24.8 Å². The van der Waals surface area contributed by atoms with Crippen molar-refractivity contribution in [1.29, 1.82) is 0 Å². The Morgan fingerprint density at radius 1 is 1.19 bits per heavy atom. The first-order valence-corrected chi connectivity index (χ1v) is 7.63. The highest BCUT2D eigenvalue weighted by atomic mass is 16.6. The third kappa shape index (κ3) is 2.49. The van der Waals surface area contributed by atoms with E-state index in [1.54, 1.807) is 7.11 Å². The molecule has 2 heterocycles. The van der Waals surface area contributed by atoms with E-state index in [4.69, 9.17) is 9.47 Å². The van der Waals surface area contributed by atoms with E-state index in [2.05, 4.69) is 50.4 Å². The van der Waals surface area contributed by atoms with E-state index < -0.39 is 0 Å². The number of aryl methyl sites for hydroxylation is 3. The summed E-state index contributed by atoms with van der Waals surface area (Å²) in [5.41, 5.74) is 2.27. The molecule has 2 atom stereocenters. The monoisotopic (exact) mass is 293 g/mol. The summed E-state index contributed by atoms with van der Waals surface area (Å²) >= 11 is 0. The second-order valence-corrected chi connectivity index (χ2v) is 7.34. The molecule has 1 aliphatic rings. The maximum atomic E-state index is 6.39. The van der Waals surface area contributed by atoms with Crippen molar-refractivity contribution in [2.24, 2.45) is 10.8 Å². The Kier molecular flexibility index (Phi) is 4.15. The number of rotatable bonds is 3. The first-order chi connectivity index (χ1) is 9.62. The highest BCUT2D eigenvalue weighted by Gasteiger charge is 2.59. The minimum absolute atomic E-state index is 0.0188. The lowest BCUT2D eigenvalue weighted by Gasteiger charge is -2.37. The lowest BCUT2D eigenvalue weighted by Crippen LogP contribution is -2.51. The molecule has 0 aromatic carbocycles. The van der Waals surface area contributed by atoms with E-state index in [1.807, 2.05) is 13.8 Å². The van der Waals surface area contributed by atoms with Gasteiger partial charge >= 0.3 is 0 Å². The smallest absolute Gasteiger partial charge is 0.297 e. The molecular weight excluding hydrogens is 264 g/mol. The van der Waals surface area contributed by atoms with E-state index in [0.29, 0.717) is 6.61 Å². The van der Waals surface area contributed by atoms with Gasteiger partial charge in [-0.05, 0) is 6.92 Å². The maximum Gasteiger partial charge on any atom is 0.297 e. The van der Waals surface area contributed by atoms with Crippen molar-refractivity contribution in [3.63, 3.8) is 0 Å². The quantitative estimate of drug-likeness (QED) is 0.804. The van der Waals surface area contributed by atoms with Gasteiger partial charge in [0.25, 0.3) is 5.82 Å². The van der Waals surface area contributed by atoms with Crippen molar-refractivity contribution in [3.8, 4) is 0 Å². The molecule has 1 aliphatic heterocycles. The van der Waals surface area contributed by atoms with Crippen molar-refractivity contribution >= 4 is 0 Å². The molecule has 1 aromatic heterocycles. The fourth-order valence-electron chi connectivity index (χ4n) is 3.06. The van der Waals surface area contributed by atoms with Gasteiger partial charge in [-0.15, -0.1) is 0 Å². The van der Waals surface area contributed by atoms with Crippen molar-refractivity contribution in [1.82, 2.24) is 4.98 Å². The van der Waals surface area contributed by atoms with Gasteiger partial charge in [-0.3, -0.25) is 0 Å². The van der Waals surface area contributed by atoms with Gasteiger partial charge in [0, 0.05) is 37.4 Å². The standard InChI is InChI=1S/C17H29N2O2/c1-11-9-19(13(3)18-12(11)2)15-17(6,7)16(4,5)14(21-15)10-20-8/h9,14-15H,10H2,1-8H3/q+1. The number of nitrogens with zero attached hydrogens (tertiary/aromatic N) is 2. The van der Waals surface area contributed by atoms with Gasteiger partial charge in [0.15, 0.2) is 5.69 Å². The molecule has 0 bridgehead atoms. The number of methoxy groups -OCH3 is 1. The summed E-state index contributed by atoms with van der Waals surface area (Å²) in [7, 11) is 1.73. The van der Waals surface area contributed by atoms with Crippen LogP contribution in [0.1, 0.15) is 51.0 Å². The molecule has 2 rings (SSSR count). The Bertz CT molecular complexity index is 538. The summed E-state index contributed by atoms with van der Waals surface area (Å²) in [6.07, 6.45) is 2.21. The minimum atomic E-state index is -0.0283. The molecule has 0 amide bonds. The van der Waals surface area contributed by atoms with Crippen LogP contribution in [0.5, 0.6) is 0 Å². The summed E-state index contributed by atoms with van der Waals surface area (Å²) in [6, 6.07) is 0. The molecule has 0 aliphatic carbocycles. The van der Waals surface area contributed by atoms with Crippen LogP contribution in [-0.2, 0) is 9.47 Å². The van der Waals surface area contributed by atoms with Crippen LogP contribution in [0.4, 0.5) is 0 Å². The maximum absolute atomic E-state index is 6.39. The molecule has 1 fully saturated rings. The molecule has 21 heavy (non-hydrogen) atoms. The normalized spacial score (nSPS) is 27.0. The van der Waals surface area contributed by atoms with E-state index >= 15 is 0 Å². The zero-order chi connectivity index (χ0) is 16.0.